The molecule has 13 heteroatoms. The minimum atomic E-state index is -4.95. The molecule has 0 fully saturated rings. The molecule has 3 aromatic carbocycles. The molecule has 1 heterocycles. The van der Waals surface area contributed by atoms with Gasteiger partial charge < -0.3 is 15.2 Å². The predicted molar refractivity (Wildman–Crippen MR) is 153 cm³/mol. The summed E-state index contributed by atoms with van der Waals surface area (Å²) in [6.07, 6.45) is -4.86. The quantitative estimate of drug-likeness (QED) is 0.147. The highest BCUT2D eigenvalue weighted by atomic mass is 19.4. The highest BCUT2D eigenvalue weighted by molar-refractivity contribution is 6.14. The number of amides is 3. The first-order chi connectivity index (χ1) is 21.3. The molecule has 238 valence electrons. The lowest BCUT2D eigenvalue weighted by atomic mass is 9.90. The fraction of sp³-hybridized carbons (Fsp3) is 0.312. The average molecular weight is 633 g/mol. The second-order valence-electron chi connectivity index (χ2n) is 10.4. The number of carbonyl (C=O) groups excluding carboxylic acids is 2. The van der Waals surface area contributed by atoms with Crippen molar-refractivity contribution in [3.8, 4) is 5.75 Å². The van der Waals surface area contributed by atoms with E-state index in [0.717, 1.165) is 21.6 Å². The number of urea groups is 1. The number of hydrogen-bond acceptors (Lipinski definition) is 5. The third-order valence-corrected chi connectivity index (χ3v) is 7.61. The van der Waals surface area contributed by atoms with Crippen LogP contribution in [-0.2, 0) is 22.3 Å². The summed E-state index contributed by atoms with van der Waals surface area (Å²) in [5.74, 6) is -5.63. The summed E-state index contributed by atoms with van der Waals surface area (Å²) >= 11 is 0. The van der Waals surface area contributed by atoms with Crippen molar-refractivity contribution in [3.63, 3.8) is 0 Å². The van der Waals surface area contributed by atoms with Gasteiger partial charge in [-0.15, -0.1) is 0 Å². The number of hydrogen-bond donors (Lipinski definition) is 2. The molecular weight excluding hydrogens is 601 g/mol. The fourth-order valence-corrected chi connectivity index (χ4v) is 5.32. The Labute approximate surface area is 255 Å². The lowest BCUT2D eigenvalue weighted by molar-refractivity contribution is -0.458. The van der Waals surface area contributed by atoms with Gasteiger partial charge in [-0.05, 0) is 43.7 Å². The number of ether oxygens (including phenoxy) is 1. The smallest absolute Gasteiger partial charge is 0.494 e. The monoisotopic (exact) mass is 632 g/mol. The van der Waals surface area contributed by atoms with Crippen LogP contribution in [0.2, 0.25) is 0 Å². The predicted octanol–water partition coefficient (Wildman–Crippen LogP) is 5.91. The first-order valence-electron chi connectivity index (χ1n) is 14.0. The largest absolute Gasteiger partial charge is 0.501 e. The number of carboxylic acid groups (broad SMARTS) is 1. The first kappa shape index (κ1) is 33.2. The maximum Gasteiger partial charge on any atom is 0.501 e. The van der Waals surface area contributed by atoms with E-state index in [4.69, 9.17) is 9.84 Å². The Bertz CT molecular complexity index is 1610. The molecule has 0 aromatic heterocycles. The molecule has 8 nitrogen and oxygen atoms in total. The zero-order valence-corrected chi connectivity index (χ0v) is 24.4. The number of imide groups is 1. The second kappa shape index (κ2) is 14.0. The van der Waals surface area contributed by atoms with Gasteiger partial charge in [-0.2, -0.15) is 27.4 Å². The summed E-state index contributed by atoms with van der Waals surface area (Å²) in [6, 6.07) is 13.4. The molecule has 0 aliphatic carbocycles. The van der Waals surface area contributed by atoms with Gasteiger partial charge in [0.15, 0.2) is 11.6 Å². The molecule has 45 heavy (non-hydrogen) atoms. The van der Waals surface area contributed by atoms with E-state index in [-0.39, 0.29) is 43.0 Å². The Morgan fingerprint density at radius 1 is 1.04 bits per heavy atom. The van der Waals surface area contributed by atoms with Gasteiger partial charge in [0.1, 0.15) is 30.5 Å². The van der Waals surface area contributed by atoms with Crippen LogP contribution >= 0.6 is 0 Å². The van der Waals surface area contributed by atoms with Gasteiger partial charge >= 0.3 is 24.1 Å². The lowest BCUT2D eigenvalue weighted by Crippen LogP contribution is -2.55. The van der Waals surface area contributed by atoms with Crippen molar-refractivity contribution >= 4 is 23.6 Å². The summed E-state index contributed by atoms with van der Waals surface area (Å²) in [6.45, 7) is 0.267. The van der Waals surface area contributed by atoms with E-state index in [1.807, 2.05) is 0 Å². The number of aliphatic carboxylic acids is 1. The molecule has 0 radical (unpaired) electrons. The zero-order valence-electron chi connectivity index (χ0n) is 24.4. The third kappa shape index (κ3) is 7.36. The molecule has 2 N–H and O–H groups in total. The molecule has 0 spiro atoms. The lowest BCUT2D eigenvalue weighted by Gasteiger charge is -2.30. The second-order valence-corrected chi connectivity index (χ2v) is 10.4. The van der Waals surface area contributed by atoms with Crippen LogP contribution in [0, 0.1) is 11.6 Å². The molecule has 0 saturated heterocycles. The molecule has 0 bridgehead atoms. The van der Waals surface area contributed by atoms with Crippen molar-refractivity contribution in [1.82, 2.24) is 10.2 Å². The Kier molecular flexibility index (Phi) is 10.3. The number of carboxylic acids is 1. The summed E-state index contributed by atoms with van der Waals surface area (Å²) in [4.78, 5) is 39.9. The molecule has 2 atom stereocenters. The van der Waals surface area contributed by atoms with Crippen molar-refractivity contribution in [1.29, 1.82) is 0 Å². The van der Waals surface area contributed by atoms with Crippen LogP contribution in [0.15, 0.2) is 66.7 Å². The summed E-state index contributed by atoms with van der Waals surface area (Å²) < 4.78 is 78.2. The van der Waals surface area contributed by atoms with E-state index in [1.165, 1.54) is 32.2 Å². The van der Waals surface area contributed by atoms with Crippen LogP contribution < -0.4 is 10.1 Å². The van der Waals surface area contributed by atoms with Gasteiger partial charge in [-0.25, -0.2) is 13.6 Å². The summed E-state index contributed by atoms with van der Waals surface area (Å²) in [5, 5.41) is 12.2. The normalized spacial score (nSPS) is 16.2. The van der Waals surface area contributed by atoms with Crippen molar-refractivity contribution in [2.24, 2.45) is 0 Å². The fourth-order valence-electron chi connectivity index (χ4n) is 5.32. The Morgan fingerprint density at radius 3 is 2.38 bits per heavy atom. The Balaban J connectivity index is 1.83. The molecule has 2 unspecified atom stereocenters. The van der Waals surface area contributed by atoms with Crippen LogP contribution in [0.1, 0.15) is 54.0 Å². The van der Waals surface area contributed by atoms with Gasteiger partial charge in [0, 0.05) is 17.5 Å². The highest BCUT2D eigenvalue weighted by Crippen LogP contribution is 2.36. The number of nitrogens with zero attached hydrogens (tertiary/aromatic N) is 2. The van der Waals surface area contributed by atoms with Crippen molar-refractivity contribution in [2.45, 2.75) is 44.4 Å². The van der Waals surface area contributed by atoms with Gasteiger partial charge in [-0.1, -0.05) is 48.5 Å². The van der Waals surface area contributed by atoms with Crippen molar-refractivity contribution in [3.05, 3.63) is 101 Å². The van der Waals surface area contributed by atoms with Gasteiger partial charge in [0.25, 0.3) is 0 Å². The molecular formula is C32H31F5N3O5+. The van der Waals surface area contributed by atoms with E-state index in [9.17, 15) is 31.9 Å². The van der Waals surface area contributed by atoms with Crippen LogP contribution in [-0.4, -0.2) is 58.4 Å². The van der Waals surface area contributed by atoms with E-state index >= 15 is 4.39 Å². The van der Waals surface area contributed by atoms with Crippen molar-refractivity contribution in [2.75, 3.05) is 20.2 Å². The number of carbonyl (C=O) groups is 3. The van der Waals surface area contributed by atoms with Gasteiger partial charge in [-0.3, -0.25) is 4.79 Å². The average Bonchev–Trinajstić information content (AvgIpc) is 2.99. The van der Waals surface area contributed by atoms with E-state index in [0.29, 0.717) is 11.6 Å². The molecule has 1 aliphatic heterocycles. The maximum absolute atomic E-state index is 15.6. The SMILES string of the molecule is COc1cccc(C2C(=O)N(CC(NCCCC(=O)O)c3ccccc3)C(=O)[N+](Cc3c(F)cccc3C(F)(F)F)=C2C)c1F. The third-order valence-electron chi connectivity index (χ3n) is 7.61. The maximum atomic E-state index is 15.6. The summed E-state index contributed by atoms with van der Waals surface area (Å²) in [7, 11) is 1.22. The number of methoxy groups -OCH3 is 1. The first-order valence-corrected chi connectivity index (χ1v) is 14.0. The minimum Gasteiger partial charge on any atom is -0.494 e. The topological polar surface area (TPSA) is 99.0 Å². The van der Waals surface area contributed by atoms with Crippen LogP contribution in [0.5, 0.6) is 5.75 Å². The Hall–Kier alpha value is -4.65. The summed E-state index contributed by atoms with van der Waals surface area (Å²) in [5.41, 5.74) is -1.77. The van der Waals surface area contributed by atoms with E-state index < -0.39 is 65.3 Å². The standard InChI is InChI=1S/C32H30F5N3O5/c1-19-28(21-11-6-14-26(45-2)29(21)34)30(43)40(18-25(20-9-4-3-5-10-20)38-16-8-15-27(41)42)31(44)39(19)17-22-23(32(35,36)37)12-7-13-24(22)33/h3-7,9-14,25,28,38H,8,15-18H2,1-2H3/p+1. The number of rotatable bonds is 12. The molecule has 0 saturated carbocycles. The molecule has 4 rings (SSSR count). The molecule has 1 aliphatic rings. The van der Waals surface area contributed by atoms with Crippen LogP contribution in [0.4, 0.5) is 26.7 Å². The van der Waals surface area contributed by atoms with Crippen molar-refractivity contribution < 1.29 is 50.8 Å². The van der Waals surface area contributed by atoms with Gasteiger partial charge in [0.05, 0.1) is 18.7 Å². The Morgan fingerprint density at radius 2 is 1.73 bits per heavy atom. The van der Waals surface area contributed by atoms with Crippen LogP contribution in [0.3, 0.4) is 0 Å². The van der Waals surface area contributed by atoms with Crippen LogP contribution in [0.25, 0.3) is 0 Å². The number of benzene rings is 3. The number of alkyl halides is 3. The minimum absolute atomic E-state index is 0.101. The van der Waals surface area contributed by atoms with E-state index in [1.54, 1.807) is 30.3 Å². The molecule has 3 amide bonds. The number of nitrogens with one attached hydrogen (secondary N) is 1. The number of halogens is 5. The highest BCUT2D eigenvalue weighted by Gasteiger charge is 2.50. The molecule has 3 aromatic rings. The van der Waals surface area contributed by atoms with E-state index in [2.05, 4.69) is 5.32 Å². The van der Waals surface area contributed by atoms with Gasteiger partial charge in [0.2, 0.25) is 0 Å². The zero-order chi connectivity index (χ0) is 32.9.